The Morgan fingerprint density at radius 1 is 1.08 bits per heavy atom. The van der Waals surface area contributed by atoms with E-state index < -0.39 is 17.8 Å². The molecule has 2 aliphatic rings. The lowest BCUT2D eigenvalue weighted by molar-refractivity contribution is -0.139. The summed E-state index contributed by atoms with van der Waals surface area (Å²) in [6.07, 6.45) is 0. The van der Waals surface area contributed by atoms with Crippen LogP contribution in [-0.2, 0) is 9.53 Å². The molecular formula is C27H30ClFN4O4. The summed E-state index contributed by atoms with van der Waals surface area (Å²) in [4.78, 5) is 44.6. The number of carbonyl (C=O) groups excluding carboxylic acids is 3. The molecule has 4 rings (SSSR count). The zero-order valence-corrected chi connectivity index (χ0v) is 21.6. The van der Waals surface area contributed by atoms with Crippen molar-refractivity contribution in [1.82, 2.24) is 20.0 Å². The fraction of sp³-hybridized carbons (Fsp3) is 0.370. The molecule has 196 valence electrons. The van der Waals surface area contributed by atoms with Crippen LogP contribution in [0.15, 0.2) is 59.8 Å². The Hall–Kier alpha value is -3.43. The van der Waals surface area contributed by atoms with Crippen LogP contribution in [0.1, 0.15) is 35.8 Å². The third-order valence-electron chi connectivity index (χ3n) is 6.57. The van der Waals surface area contributed by atoms with E-state index in [0.717, 1.165) is 0 Å². The SMILES string of the molecule is CCOC(=O)C1=C(CN2CCN(C(=O)c3ccccc3Cl)CC2)N(CC)C(=O)N[C@@H]1c1cccc(F)c1. The maximum absolute atomic E-state index is 14.1. The molecule has 2 aromatic rings. The lowest BCUT2D eigenvalue weighted by Crippen LogP contribution is -2.53. The Kier molecular flexibility index (Phi) is 8.45. The number of benzene rings is 2. The van der Waals surface area contributed by atoms with Gasteiger partial charge in [-0.1, -0.05) is 35.9 Å². The maximum atomic E-state index is 14.1. The molecule has 1 saturated heterocycles. The average Bonchev–Trinajstić information content (AvgIpc) is 2.89. The summed E-state index contributed by atoms with van der Waals surface area (Å²) in [7, 11) is 0. The van der Waals surface area contributed by atoms with Crippen molar-refractivity contribution in [1.29, 1.82) is 0 Å². The van der Waals surface area contributed by atoms with Crippen LogP contribution in [0.4, 0.5) is 9.18 Å². The predicted octanol–water partition coefficient (Wildman–Crippen LogP) is 3.84. The number of esters is 1. The van der Waals surface area contributed by atoms with Crippen molar-refractivity contribution >= 4 is 29.5 Å². The van der Waals surface area contributed by atoms with E-state index in [1.807, 2.05) is 6.92 Å². The molecule has 3 amide bonds. The second-order valence-electron chi connectivity index (χ2n) is 8.81. The van der Waals surface area contributed by atoms with Crippen molar-refractivity contribution in [3.63, 3.8) is 0 Å². The van der Waals surface area contributed by atoms with Gasteiger partial charge in [0.15, 0.2) is 0 Å². The van der Waals surface area contributed by atoms with Crippen molar-refractivity contribution in [2.24, 2.45) is 0 Å². The highest BCUT2D eigenvalue weighted by molar-refractivity contribution is 6.33. The van der Waals surface area contributed by atoms with Gasteiger partial charge in [0.05, 0.1) is 28.8 Å². The van der Waals surface area contributed by atoms with Crippen LogP contribution in [0.3, 0.4) is 0 Å². The Bertz CT molecular complexity index is 1210. The highest BCUT2D eigenvalue weighted by Gasteiger charge is 2.38. The smallest absolute Gasteiger partial charge is 0.338 e. The standard InChI is InChI=1S/C27H30ClFN4O4/c1-3-33-22(17-31-12-14-32(15-13-31)25(34)20-10-5-6-11-21(20)28)23(26(35)37-4-2)24(30-27(33)36)18-8-7-9-19(29)16-18/h5-11,16,24H,3-4,12-15,17H2,1-2H3,(H,30,36)/t24-/m1/s1. The fourth-order valence-electron chi connectivity index (χ4n) is 4.72. The lowest BCUT2D eigenvalue weighted by Gasteiger charge is -2.40. The van der Waals surface area contributed by atoms with Gasteiger partial charge >= 0.3 is 12.0 Å². The second kappa shape index (κ2) is 11.7. The van der Waals surface area contributed by atoms with Gasteiger partial charge in [-0.25, -0.2) is 14.0 Å². The molecule has 2 aliphatic heterocycles. The molecule has 37 heavy (non-hydrogen) atoms. The Morgan fingerprint density at radius 2 is 1.81 bits per heavy atom. The number of ether oxygens (including phenoxy) is 1. The minimum atomic E-state index is -0.844. The number of hydrogen-bond acceptors (Lipinski definition) is 5. The summed E-state index contributed by atoms with van der Waals surface area (Å²) in [6.45, 7) is 6.36. The number of rotatable bonds is 7. The minimum Gasteiger partial charge on any atom is -0.463 e. The average molecular weight is 529 g/mol. The van der Waals surface area contributed by atoms with Gasteiger partial charge in [-0.15, -0.1) is 0 Å². The fourth-order valence-corrected chi connectivity index (χ4v) is 4.94. The number of piperazine rings is 1. The summed E-state index contributed by atoms with van der Waals surface area (Å²) in [6, 6.07) is 11.6. The van der Waals surface area contributed by atoms with Crippen molar-refractivity contribution in [3.05, 3.63) is 81.8 Å². The van der Waals surface area contributed by atoms with Gasteiger partial charge in [0.1, 0.15) is 5.82 Å². The largest absolute Gasteiger partial charge is 0.463 e. The van der Waals surface area contributed by atoms with Gasteiger partial charge in [-0.2, -0.15) is 0 Å². The lowest BCUT2D eigenvalue weighted by atomic mass is 9.94. The molecule has 0 bridgehead atoms. The van der Waals surface area contributed by atoms with Crippen molar-refractivity contribution in [3.8, 4) is 0 Å². The van der Waals surface area contributed by atoms with Crippen molar-refractivity contribution in [2.45, 2.75) is 19.9 Å². The van der Waals surface area contributed by atoms with Crippen molar-refractivity contribution < 1.29 is 23.5 Å². The van der Waals surface area contributed by atoms with E-state index in [1.54, 1.807) is 48.2 Å². The van der Waals surface area contributed by atoms with E-state index in [1.165, 1.54) is 17.0 Å². The zero-order valence-electron chi connectivity index (χ0n) is 20.9. The molecule has 1 fully saturated rings. The molecule has 0 spiro atoms. The summed E-state index contributed by atoms with van der Waals surface area (Å²) >= 11 is 6.21. The Morgan fingerprint density at radius 3 is 2.46 bits per heavy atom. The second-order valence-corrected chi connectivity index (χ2v) is 9.22. The summed E-state index contributed by atoms with van der Waals surface area (Å²) in [5.41, 5.74) is 1.72. The monoisotopic (exact) mass is 528 g/mol. The normalized spacial score (nSPS) is 18.6. The quantitative estimate of drug-likeness (QED) is 0.552. The number of hydrogen-bond donors (Lipinski definition) is 1. The molecule has 1 atom stereocenters. The molecule has 2 heterocycles. The van der Waals surface area contributed by atoms with E-state index in [9.17, 15) is 18.8 Å². The number of likely N-dealkylation sites (N-methyl/N-ethyl adjacent to an activating group) is 1. The summed E-state index contributed by atoms with van der Waals surface area (Å²) in [5.74, 6) is -1.15. The van der Waals surface area contributed by atoms with Crippen LogP contribution >= 0.6 is 11.6 Å². The van der Waals surface area contributed by atoms with Crippen LogP contribution in [0.25, 0.3) is 0 Å². The highest BCUT2D eigenvalue weighted by Crippen LogP contribution is 2.32. The number of amides is 3. The van der Waals surface area contributed by atoms with E-state index in [2.05, 4.69) is 10.2 Å². The number of urea groups is 1. The summed E-state index contributed by atoms with van der Waals surface area (Å²) in [5, 5.41) is 3.25. The topological polar surface area (TPSA) is 82.2 Å². The Balaban J connectivity index is 1.60. The molecule has 0 aliphatic carbocycles. The molecule has 0 aromatic heterocycles. The molecule has 0 saturated carbocycles. The van der Waals surface area contributed by atoms with Crippen LogP contribution < -0.4 is 5.32 Å². The summed E-state index contributed by atoms with van der Waals surface area (Å²) < 4.78 is 19.4. The van der Waals surface area contributed by atoms with Gasteiger partial charge < -0.3 is 15.0 Å². The first-order valence-electron chi connectivity index (χ1n) is 12.3. The van der Waals surface area contributed by atoms with Gasteiger partial charge in [0, 0.05) is 45.0 Å². The van der Waals surface area contributed by atoms with Gasteiger partial charge in [-0.3, -0.25) is 14.6 Å². The first kappa shape index (κ1) is 26.6. The first-order chi connectivity index (χ1) is 17.8. The Labute approximate surface area is 220 Å². The van der Waals surface area contributed by atoms with Gasteiger partial charge in [0.2, 0.25) is 0 Å². The maximum Gasteiger partial charge on any atom is 0.338 e. The number of nitrogens with zero attached hydrogens (tertiary/aromatic N) is 3. The molecule has 2 aromatic carbocycles. The zero-order chi connectivity index (χ0) is 26.5. The van der Waals surface area contributed by atoms with E-state index in [0.29, 0.717) is 61.1 Å². The van der Waals surface area contributed by atoms with Gasteiger partial charge in [-0.05, 0) is 43.7 Å². The number of nitrogens with one attached hydrogen (secondary N) is 1. The number of halogens is 2. The third kappa shape index (κ3) is 5.78. The molecule has 0 unspecified atom stereocenters. The van der Waals surface area contributed by atoms with E-state index in [-0.39, 0.29) is 24.1 Å². The van der Waals surface area contributed by atoms with Crippen LogP contribution in [-0.4, -0.2) is 78.5 Å². The first-order valence-corrected chi connectivity index (χ1v) is 12.7. The van der Waals surface area contributed by atoms with E-state index in [4.69, 9.17) is 16.3 Å². The minimum absolute atomic E-state index is 0.130. The molecule has 10 heteroatoms. The predicted molar refractivity (Wildman–Crippen MR) is 138 cm³/mol. The third-order valence-corrected chi connectivity index (χ3v) is 6.90. The molecular weight excluding hydrogens is 499 g/mol. The van der Waals surface area contributed by atoms with E-state index >= 15 is 0 Å². The van der Waals surface area contributed by atoms with Crippen LogP contribution in [0.5, 0.6) is 0 Å². The molecule has 8 nitrogen and oxygen atoms in total. The van der Waals surface area contributed by atoms with Gasteiger partial charge in [0.25, 0.3) is 5.91 Å². The van der Waals surface area contributed by atoms with Crippen molar-refractivity contribution in [2.75, 3.05) is 45.9 Å². The highest BCUT2D eigenvalue weighted by atomic mass is 35.5. The van der Waals surface area contributed by atoms with Crippen LogP contribution in [0, 0.1) is 5.82 Å². The molecule has 0 radical (unpaired) electrons. The van der Waals surface area contributed by atoms with Crippen LogP contribution in [0.2, 0.25) is 5.02 Å². The molecule has 1 N–H and O–H groups in total. The number of carbonyl (C=O) groups is 3.